The van der Waals surface area contributed by atoms with Gasteiger partial charge in [-0.15, -0.1) is 12.4 Å². The predicted molar refractivity (Wildman–Crippen MR) is 103 cm³/mol. The van der Waals surface area contributed by atoms with Crippen LogP contribution in [0.2, 0.25) is 0 Å². The second kappa shape index (κ2) is 9.53. The zero-order chi connectivity index (χ0) is 17.8. The van der Waals surface area contributed by atoms with Gasteiger partial charge < -0.3 is 10.6 Å². The van der Waals surface area contributed by atoms with Crippen molar-refractivity contribution in [3.8, 4) is 0 Å². The number of nitrogens with zero attached hydrogens (tertiary/aromatic N) is 1. The summed E-state index contributed by atoms with van der Waals surface area (Å²) < 4.78 is 28.0. The van der Waals surface area contributed by atoms with Crippen molar-refractivity contribution in [2.24, 2.45) is 11.7 Å². The summed E-state index contributed by atoms with van der Waals surface area (Å²) in [5.74, 6) is 0.263. The predicted octanol–water partition coefficient (Wildman–Crippen LogP) is 2.03. The number of carbonyl (C=O) groups excluding carboxylic acids is 1. The summed E-state index contributed by atoms with van der Waals surface area (Å²) in [4.78, 5) is 14.3. The molecule has 1 heterocycles. The summed E-state index contributed by atoms with van der Waals surface area (Å²) >= 11 is 0. The van der Waals surface area contributed by atoms with Crippen LogP contribution in [0.3, 0.4) is 0 Å². The molecule has 0 aromatic heterocycles. The first-order chi connectivity index (χ1) is 11.3. The fraction of sp³-hybridized carbons (Fsp3) is 0.941. The van der Waals surface area contributed by atoms with Crippen LogP contribution in [0.1, 0.15) is 65.2 Å². The van der Waals surface area contributed by atoms with Crippen molar-refractivity contribution >= 4 is 28.3 Å². The molecular formula is C17H34ClN3O3S. The second-order valence-corrected chi connectivity index (χ2v) is 9.51. The highest BCUT2D eigenvalue weighted by Crippen LogP contribution is 2.28. The lowest BCUT2D eigenvalue weighted by molar-refractivity contribution is -0.136. The van der Waals surface area contributed by atoms with E-state index in [-0.39, 0.29) is 30.8 Å². The lowest BCUT2D eigenvalue weighted by Crippen LogP contribution is -2.54. The third kappa shape index (κ3) is 5.81. The van der Waals surface area contributed by atoms with Crippen LogP contribution in [0.4, 0.5) is 0 Å². The van der Waals surface area contributed by atoms with E-state index in [9.17, 15) is 13.2 Å². The maximum atomic E-state index is 12.6. The van der Waals surface area contributed by atoms with E-state index in [0.29, 0.717) is 19.5 Å². The maximum absolute atomic E-state index is 12.6. The quantitative estimate of drug-likeness (QED) is 0.689. The van der Waals surface area contributed by atoms with Crippen molar-refractivity contribution in [3.05, 3.63) is 0 Å². The Balaban J connectivity index is 0.00000312. The average molecular weight is 396 g/mol. The number of piperidine rings is 1. The van der Waals surface area contributed by atoms with Crippen molar-refractivity contribution in [1.82, 2.24) is 9.62 Å². The summed E-state index contributed by atoms with van der Waals surface area (Å²) in [6, 6.07) is 0. The van der Waals surface area contributed by atoms with E-state index in [1.54, 1.807) is 4.90 Å². The number of nitrogens with one attached hydrogen (secondary N) is 1. The first-order valence-corrected chi connectivity index (χ1v) is 10.9. The molecule has 2 aliphatic rings. The van der Waals surface area contributed by atoms with E-state index in [0.717, 1.165) is 44.9 Å². The molecule has 0 bridgehead atoms. The number of amides is 1. The highest BCUT2D eigenvalue weighted by molar-refractivity contribution is 7.90. The van der Waals surface area contributed by atoms with Gasteiger partial charge in [0.2, 0.25) is 15.9 Å². The zero-order valence-corrected chi connectivity index (χ0v) is 17.1. The first kappa shape index (κ1) is 22.7. The number of sulfonamides is 1. The molecule has 0 aromatic rings. The van der Waals surface area contributed by atoms with Gasteiger partial charge in [0.15, 0.2) is 0 Å². The molecule has 6 nitrogen and oxygen atoms in total. The van der Waals surface area contributed by atoms with Crippen LogP contribution in [0.15, 0.2) is 0 Å². The van der Waals surface area contributed by atoms with E-state index in [2.05, 4.69) is 4.72 Å². The third-order valence-corrected chi connectivity index (χ3v) is 7.68. The van der Waals surface area contributed by atoms with Crippen LogP contribution in [0.25, 0.3) is 0 Å². The second-order valence-electron chi connectivity index (χ2n) is 7.47. The Bertz CT molecular complexity index is 531. The molecule has 0 radical (unpaired) electrons. The van der Waals surface area contributed by atoms with Gasteiger partial charge >= 0.3 is 0 Å². The van der Waals surface area contributed by atoms with Gasteiger partial charge in [0.25, 0.3) is 0 Å². The molecule has 1 atom stereocenters. The third-order valence-electron chi connectivity index (χ3n) is 5.87. The largest absolute Gasteiger partial charge is 0.341 e. The molecule has 2 fully saturated rings. The van der Waals surface area contributed by atoms with Gasteiger partial charge in [0.1, 0.15) is 0 Å². The maximum Gasteiger partial charge on any atom is 0.225 e. The average Bonchev–Trinajstić information content (AvgIpc) is 3.14. The monoisotopic (exact) mass is 395 g/mol. The Morgan fingerprint density at radius 1 is 1.16 bits per heavy atom. The fourth-order valence-corrected chi connectivity index (χ4v) is 5.26. The highest BCUT2D eigenvalue weighted by atomic mass is 35.5. The standard InChI is InChI=1S/C17H33N3O3S.ClH/c1-3-17(18,4-2)13-19-24(22,23)15-10-7-11-20(12-15)16(21)14-8-5-6-9-14;/h14-15,19H,3-13,18H2,1-2H3;1H. The van der Waals surface area contributed by atoms with Crippen LogP contribution in [-0.4, -0.2) is 49.6 Å². The SMILES string of the molecule is CCC(N)(CC)CNS(=O)(=O)C1CCCN(C(=O)C2CCCC2)C1.Cl. The van der Waals surface area contributed by atoms with Crippen LogP contribution in [-0.2, 0) is 14.8 Å². The first-order valence-electron chi connectivity index (χ1n) is 9.37. The topological polar surface area (TPSA) is 92.5 Å². The van der Waals surface area contributed by atoms with Gasteiger partial charge in [-0.2, -0.15) is 0 Å². The molecule has 2 rings (SSSR count). The van der Waals surface area contributed by atoms with Gasteiger partial charge in [-0.1, -0.05) is 26.7 Å². The minimum absolute atomic E-state index is 0. The molecule has 25 heavy (non-hydrogen) atoms. The summed E-state index contributed by atoms with van der Waals surface area (Å²) in [6.45, 7) is 5.21. The number of carbonyl (C=O) groups is 1. The minimum Gasteiger partial charge on any atom is -0.341 e. The van der Waals surface area contributed by atoms with Crippen molar-refractivity contribution in [3.63, 3.8) is 0 Å². The highest BCUT2D eigenvalue weighted by Gasteiger charge is 2.36. The van der Waals surface area contributed by atoms with Crippen molar-refractivity contribution < 1.29 is 13.2 Å². The number of hydrogen-bond donors (Lipinski definition) is 2. The van der Waals surface area contributed by atoms with Crippen molar-refractivity contribution in [1.29, 1.82) is 0 Å². The number of rotatable bonds is 7. The normalized spacial score (nSPS) is 22.7. The molecule has 3 N–H and O–H groups in total. The summed E-state index contributed by atoms with van der Waals surface area (Å²) in [6.07, 6.45) is 6.94. The Labute approximate surface area is 158 Å². The number of likely N-dealkylation sites (tertiary alicyclic amines) is 1. The van der Waals surface area contributed by atoms with E-state index >= 15 is 0 Å². The summed E-state index contributed by atoms with van der Waals surface area (Å²) in [7, 11) is -3.45. The van der Waals surface area contributed by atoms with Gasteiger partial charge in [-0.3, -0.25) is 4.79 Å². The molecule has 1 saturated carbocycles. The Morgan fingerprint density at radius 2 is 1.76 bits per heavy atom. The minimum atomic E-state index is -3.45. The van der Waals surface area contributed by atoms with Crippen LogP contribution < -0.4 is 10.5 Å². The van der Waals surface area contributed by atoms with Gasteiger partial charge in [-0.05, 0) is 38.5 Å². The molecule has 0 spiro atoms. The summed E-state index contributed by atoms with van der Waals surface area (Å²) in [5.41, 5.74) is 5.70. The van der Waals surface area contributed by atoms with Gasteiger partial charge in [0, 0.05) is 31.1 Å². The lowest BCUT2D eigenvalue weighted by atomic mass is 9.95. The van der Waals surface area contributed by atoms with Gasteiger partial charge in [-0.25, -0.2) is 13.1 Å². The van der Waals surface area contributed by atoms with E-state index < -0.39 is 20.8 Å². The Morgan fingerprint density at radius 3 is 2.32 bits per heavy atom. The van der Waals surface area contributed by atoms with Crippen LogP contribution in [0, 0.1) is 5.92 Å². The zero-order valence-electron chi connectivity index (χ0n) is 15.5. The Hall–Kier alpha value is -0.370. The molecule has 148 valence electrons. The Kier molecular flexibility index (Phi) is 8.64. The molecule has 8 heteroatoms. The van der Waals surface area contributed by atoms with Gasteiger partial charge in [0.05, 0.1) is 5.25 Å². The van der Waals surface area contributed by atoms with Crippen LogP contribution in [0.5, 0.6) is 0 Å². The van der Waals surface area contributed by atoms with E-state index in [4.69, 9.17) is 5.73 Å². The number of hydrogen-bond acceptors (Lipinski definition) is 4. The van der Waals surface area contributed by atoms with Crippen LogP contribution >= 0.6 is 12.4 Å². The van der Waals surface area contributed by atoms with E-state index in [1.807, 2.05) is 13.8 Å². The molecule has 0 aromatic carbocycles. The van der Waals surface area contributed by atoms with Crippen molar-refractivity contribution in [2.75, 3.05) is 19.6 Å². The number of nitrogens with two attached hydrogens (primary N) is 1. The fourth-order valence-electron chi connectivity index (χ4n) is 3.68. The lowest BCUT2D eigenvalue weighted by Gasteiger charge is -2.35. The molecule has 1 amide bonds. The summed E-state index contributed by atoms with van der Waals surface area (Å²) in [5, 5.41) is -0.519. The molecule has 1 saturated heterocycles. The van der Waals surface area contributed by atoms with Crippen molar-refractivity contribution in [2.45, 2.75) is 76.0 Å². The molecule has 1 unspecified atom stereocenters. The molecule has 1 aliphatic heterocycles. The smallest absolute Gasteiger partial charge is 0.225 e. The number of halogens is 1. The molecular weight excluding hydrogens is 362 g/mol. The van der Waals surface area contributed by atoms with E-state index in [1.165, 1.54) is 0 Å². The molecule has 1 aliphatic carbocycles.